The average Bonchev–Trinajstić information content (AvgIpc) is 2.86. The topological polar surface area (TPSA) is 72.9 Å². The van der Waals surface area contributed by atoms with E-state index in [1.807, 2.05) is 41.1 Å². The molecule has 1 amide bonds. The Morgan fingerprint density at radius 2 is 2.10 bits per heavy atom. The van der Waals surface area contributed by atoms with Crippen LogP contribution in [0, 0.1) is 5.92 Å². The summed E-state index contributed by atoms with van der Waals surface area (Å²) in [4.78, 5) is 16.0. The number of amides is 1. The van der Waals surface area contributed by atoms with Gasteiger partial charge >= 0.3 is 0 Å². The molecule has 0 saturated carbocycles. The number of benzene rings is 1. The van der Waals surface area contributed by atoms with Gasteiger partial charge in [-0.05, 0) is 5.56 Å². The quantitative estimate of drug-likeness (QED) is 0.884. The van der Waals surface area contributed by atoms with Gasteiger partial charge in [0.05, 0.1) is 6.54 Å². The Labute approximate surface area is 124 Å². The Morgan fingerprint density at radius 1 is 1.40 bits per heavy atom. The zero-order valence-electron chi connectivity index (χ0n) is 11.3. The standard InChI is InChI=1S/C14H18N4O.ClH/c1-11(9-15)13(19)17-14-16-7-8-18(14)10-12-5-3-2-4-6-12;/h2-8,11H,9-10,15H2,1H3,(H,16,17,19);1H. The first kappa shape index (κ1) is 16.2. The molecule has 1 unspecified atom stereocenters. The first-order chi connectivity index (χ1) is 9.20. The van der Waals surface area contributed by atoms with Crippen molar-refractivity contribution in [2.24, 2.45) is 11.7 Å². The molecule has 0 aliphatic heterocycles. The second kappa shape index (κ2) is 7.67. The molecule has 0 saturated heterocycles. The smallest absolute Gasteiger partial charge is 0.230 e. The van der Waals surface area contributed by atoms with E-state index in [1.165, 1.54) is 0 Å². The molecule has 0 fully saturated rings. The van der Waals surface area contributed by atoms with Crippen LogP contribution in [0.4, 0.5) is 5.95 Å². The van der Waals surface area contributed by atoms with Gasteiger partial charge in [-0.2, -0.15) is 0 Å². The fourth-order valence-corrected chi connectivity index (χ4v) is 1.68. The van der Waals surface area contributed by atoms with Gasteiger partial charge in [0, 0.05) is 24.9 Å². The SMILES string of the molecule is CC(CN)C(=O)Nc1nccn1Cc1ccccc1.Cl. The molecule has 3 N–H and O–H groups in total. The predicted molar refractivity (Wildman–Crippen MR) is 81.9 cm³/mol. The highest BCUT2D eigenvalue weighted by Gasteiger charge is 2.13. The van der Waals surface area contributed by atoms with Gasteiger partial charge in [-0.15, -0.1) is 12.4 Å². The summed E-state index contributed by atoms with van der Waals surface area (Å²) in [5, 5.41) is 2.79. The molecule has 108 valence electrons. The van der Waals surface area contributed by atoms with Crippen molar-refractivity contribution in [2.45, 2.75) is 13.5 Å². The summed E-state index contributed by atoms with van der Waals surface area (Å²) in [7, 11) is 0. The van der Waals surface area contributed by atoms with Crippen LogP contribution < -0.4 is 11.1 Å². The summed E-state index contributed by atoms with van der Waals surface area (Å²) < 4.78 is 1.90. The Morgan fingerprint density at radius 3 is 2.75 bits per heavy atom. The van der Waals surface area contributed by atoms with Gasteiger partial charge in [-0.25, -0.2) is 4.98 Å². The number of hydrogen-bond donors (Lipinski definition) is 2. The number of hydrogen-bond acceptors (Lipinski definition) is 3. The van der Waals surface area contributed by atoms with Gasteiger partial charge in [0.15, 0.2) is 0 Å². The van der Waals surface area contributed by atoms with Crippen LogP contribution in [0.5, 0.6) is 0 Å². The van der Waals surface area contributed by atoms with Crippen LogP contribution in [0.3, 0.4) is 0 Å². The van der Waals surface area contributed by atoms with E-state index in [0.717, 1.165) is 5.56 Å². The Hall–Kier alpha value is -1.85. The lowest BCUT2D eigenvalue weighted by atomic mass is 10.2. The van der Waals surface area contributed by atoms with Crippen LogP contribution in [0.2, 0.25) is 0 Å². The molecule has 1 atom stereocenters. The minimum absolute atomic E-state index is 0. The van der Waals surface area contributed by atoms with E-state index in [1.54, 1.807) is 13.1 Å². The minimum Gasteiger partial charge on any atom is -0.330 e. The summed E-state index contributed by atoms with van der Waals surface area (Å²) in [6, 6.07) is 10.0. The van der Waals surface area contributed by atoms with Crippen molar-refractivity contribution in [1.82, 2.24) is 9.55 Å². The van der Waals surface area contributed by atoms with Crippen LogP contribution in [-0.2, 0) is 11.3 Å². The third-order valence-corrected chi connectivity index (χ3v) is 2.95. The molecule has 0 bridgehead atoms. The van der Waals surface area contributed by atoms with Crippen LogP contribution in [0.25, 0.3) is 0 Å². The highest BCUT2D eigenvalue weighted by Crippen LogP contribution is 2.10. The molecule has 0 radical (unpaired) electrons. The van der Waals surface area contributed by atoms with Gasteiger partial charge in [0.1, 0.15) is 0 Å². The van der Waals surface area contributed by atoms with E-state index in [2.05, 4.69) is 10.3 Å². The Bertz CT molecular complexity index is 541. The Balaban J connectivity index is 0.00000200. The lowest BCUT2D eigenvalue weighted by Crippen LogP contribution is -2.28. The van der Waals surface area contributed by atoms with Gasteiger partial charge in [-0.1, -0.05) is 37.3 Å². The normalized spacial score (nSPS) is 11.5. The first-order valence-corrected chi connectivity index (χ1v) is 6.26. The molecule has 2 rings (SSSR count). The molecule has 0 aliphatic rings. The van der Waals surface area contributed by atoms with Gasteiger partial charge in [0.2, 0.25) is 11.9 Å². The molecule has 1 aromatic heterocycles. The third-order valence-electron chi connectivity index (χ3n) is 2.95. The maximum absolute atomic E-state index is 11.8. The fraction of sp³-hybridized carbons (Fsp3) is 0.286. The number of halogens is 1. The zero-order chi connectivity index (χ0) is 13.7. The van der Waals surface area contributed by atoms with Crippen LogP contribution >= 0.6 is 12.4 Å². The minimum atomic E-state index is -0.220. The number of imidazole rings is 1. The van der Waals surface area contributed by atoms with Crippen molar-refractivity contribution in [1.29, 1.82) is 0 Å². The van der Waals surface area contributed by atoms with Crippen LogP contribution in [0.15, 0.2) is 42.7 Å². The molecule has 2 aromatic rings. The second-order valence-electron chi connectivity index (χ2n) is 4.49. The Kier molecular flexibility index (Phi) is 6.21. The lowest BCUT2D eigenvalue weighted by molar-refractivity contribution is -0.119. The summed E-state index contributed by atoms with van der Waals surface area (Å²) in [5.41, 5.74) is 6.63. The number of carbonyl (C=O) groups is 1. The number of nitrogens with one attached hydrogen (secondary N) is 1. The molecule has 20 heavy (non-hydrogen) atoms. The predicted octanol–water partition coefficient (Wildman–Crippen LogP) is 1.89. The summed E-state index contributed by atoms with van der Waals surface area (Å²) in [6.07, 6.45) is 3.52. The van der Waals surface area contributed by atoms with E-state index >= 15 is 0 Å². The number of rotatable bonds is 5. The molecule has 5 nitrogen and oxygen atoms in total. The van der Waals surface area contributed by atoms with Gasteiger partial charge in [-0.3, -0.25) is 10.1 Å². The summed E-state index contributed by atoms with van der Waals surface area (Å²) >= 11 is 0. The van der Waals surface area contributed by atoms with Crippen LogP contribution in [0.1, 0.15) is 12.5 Å². The monoisotopic (exact) mass is 294 g/mol. The van der Waals surface area contributed by atoms with E-state index in [0.29, 0.717) is 19.0 Å². The van der Waals surface area contributed by atoms with Crippen molar-refractivity contribution in [3.05, 3.63) is 48.3 Å². The lowest BCUT2D eigenvalue weighted by Gasteiger charge is -2.11. The van der Waals surface area contributed by atoms with E-state index in [4.69, 9.17) is 5.73 Å². The highest BCUT2D eigenvalue weighted by molar-refractivity contribution is 5.90. The van der Waals surface area contributed by atoms with E-state index < -0.39 is 0 Å². The van der Waals surface area contributed by atoms with E-state index in [-0.39, 0.29) is 24.2 Å². The van der Waals surface area contributed by atoms with Crippen molar-refractivity contribution in [3.63, 3.8) is 0 Å². The molecule has 1 heterocycles. The second-order valence-corrected chi connectivity index (χ2v) is 4.49. The number of carbonyl (C=O) groups excluding carboxylic acids is 1. The maximum Gasteiger partial charge on any atom is 0.230 e. The number of nitrogens with zero attached hydrogens (tertiary/aromatic N) is 2. The molecular weight excluding hydrogens is 276 g/mol. The summed E-state index contributed by atoms with van der Waals surface area (Å²) in [5.74, 6) is 0.221. The molecule has 6 heteroatoms. The molecule has 0 aliphatic carbocycles. The van der Waals surface area contributed by atoms with Crippen molar-refractivity contribution < 1.29 is 4.79 Å². The molecular formula is C14H19ClN4O. The fourth-order valence-electron chi connectivity index (χ4n) is 1.68. The number of aromatic nitrogens is 2. The molecule has 1 aromatic carbocycles. The highest BCUT2D eigenvalue weighted by atomic mass is 35.5. The van der Waals surface area contributed by atoms with Gasteiger partial charge < -0.3 is 10.3 Å². The summed E-state index contributed by atoms with van der Waals surface area (Å²) in [6.45, 7) is 2.79. The van der Waals surface area contributed by atoms with Crippen LogP contribution in [-0.4, -0.2) is 22.0 Å². The number of nitrogens with two attached hydrogens (primary N) is 1. The third kappa shape index (κ3) is 4.08. The van der Waals surface area contributed by atoms with Gasteiger partial charge in [0.25, 0.3) is 0 Å². The molecule has 0 spiro atoms. The first-order valence-electron chi connectivity index (χ1n) is 6.26. The largest absolute Gasteiger partial charge is 0.330 e. The van der Waals surface area contributed by atoms with Crippen molar-refractivity contribution >= 4 is 24.3 Å². The average molecular weight is 295 g/mol. The van der Waals surface area contributed by atoms with Crippen molar-refractivity contribution in [2.75, 3.05) is 11.9 Å². The van der Waals surface area contributed by atoms with E-state index in [9.17, 15) is 4.79 Å². The van der Waals surface area contributed by atoms with Crippen molar-refractivity contribution in [3.8, 4) is 0 Å². The number of anilines is 1. The zero-order valence-corrected chi connectivity index (χ0v) is 12.1. The maximum atomic E-state index is 11.8.